The molecule has 0 aliphatic carbocycles. The first-order valence-corrected chi connectivity index (χ1v) is 3.72. The zero-order valence-electron chi connectivity index (χ0n) is 6.56. The van der Waals surface area contributed by atoms with Crippen LogP contribution in [0.1, 0.15) is 27.2 Å². The Balaban J connectivity index is 3.75. The lowest BCUT2D eigenvalue weighted by molar-refractivity contribution is -0.121. The summed E-state index contributed by atoms with van der Waals surface area (Å²) in [6, 6.07) is 0. The van der Waals surface area contributed by atoms with Crippen molar-refractivity contribution in [2.75, 3.05) is 0 Å². The lowest BCUT2D eigenvalue weighted by Gasteiger charge is -2.24. The summed E-state index contributed by atoms with van der Waals surface area (Å²) in [4.78, 5) is 10.0. The van der Waals surface area contributed by atoms with Crippen molar-refractivity contribution in [1.82, 2.24) is 0 Å². The lowest BCUT2D eigenvalue weighted by Crippen LogP contribution is -2.27. The maximum absolute atomic E-state index is 10.0. The molecule has 60 valence electrons. The zero-order valence-corrected chi connectivity index (χ0v) is 7.31. The summed E-state index contributed by atoms with van der Waals surface area (Å²) in [5.41, 5.74) is -1.11. The van der Waals surface area contributed by atoms with Crippen LogP contribution >= 0.6 is 11.6 Å². The molecule has 0 amide bonds. The van der Waals surface area contributed by atoms with Gasteiger partial charge in [-0.15, -0.1) is 0 Å². The number of aldehydes is 1. The average Bonchev–Trinajstić information content (AvgIpc) is 1.87. The number of ether oxygens (including phenoxy) is 1. The number of hydrogen-bond donors (Lipinski definition) is 0. The zero-order chi connectivity index (χ0) is 8.20. The number of alkyl halides is 1. The van der Waals surface area contributed by atoms with Crippen LogP contribution in [0.3, 0.4) is 0 Å². The van der Waals surface area contributed by atoms with E-state index in [0.29, 0.717) is 6.29 Å². The molecule has 0 saturated heterocycles. The molecule has 0 aliphatic rings. The highest BCUT2D eigenvalue weighted by Gasteiger charge is 2.19. The minimum atomic E-state index is -0.810. The van der Waals surface area contributed by atoms with Gasteiger partial charge in [-0.2, -0.15) is 0 Å². The highest BCUT2D eigenvalue weighted by Crippen LogP contribution is 2.16. The van der Waals surface area contributed by atoms with Gasteiger partial charge in [-0.05, 0) is 20.3 Å². The van der Waals surface area contributed by atoms with E-state index in [-0.39, 0.29) is 5.60 Å². The first kappa shape index (κ1) is 9.92. The van der Waals surface area contributed by atoms with Crippen molar-refractivity contribution in [3.05, 3.63) is 0 Å². The third kappa shape index (κ3) is 3.85. The molecule has 0 aromatic heterocycles. The minimum absolute atomic E-state index is 0.298. The Bertz CT molecular complexity index is 112. The van der Waals surface area contributed by atoms with Gasteiger partial charge in [0.2, 0.25) is 0 Å². The fourth-order valence-corrected chi connectivity index (χ4v) is 0.657. The molecule has 0 bridgehead atoms. The van der Waals surface area contributed by atoms with Crippen molar-refractivity contribution in [1.29, 1.82) is 0 Å². The summed E-state index contributed by atoms with van der Waals surface area (Å²) < 4.78 is 5.13. The highest BCUT2D eigenvalue weighted by atomic mass is 35.5. The molecule has 0 N–H and O–H groups in total. The van der Waals surface area contributed by atoms with Gasteiger partial charge in [0.25, 0.3) is 0 Å². The molecular formula is C7H13ClO2. The van der Waals surface area contributed by atoms with Crippen LogP contribution in [0.2, 0.25) is 0 Å². The lowest BCUT2D eigenvalue weighted by atomic mass is 10.1. The van der Waals surface area contributed by atoms with Gasteiger partial charge in [0, 0.05) is 0 Å². The van der Waals surface area contributed by atoms with Crippen LogP contribution in [-0.2, 0) is 9.53 Å². The van der Waals surface area contributed by atoms with Crippen molar-refractivity contribution in [2.24, 2.45) is 0 Å². The second-order valence-electron chi connectivity index (χ2n) is 2.72. The monoisotopic (exact) mass is 164 g/mol. The predicted molar refractivity (Wildman–Crippen MR) is 41.2 cm³/mol. The van der Waals surface area contributed by atoms with Crippen LogP contribution in [-0.4, -0.2) is 17.5 Å². The van der Waals surface area contributed by atoms with Gasteiger partial charge in [0.05, 0.1) is 5.60 Å². The fraction of sp³-hybridized carbons (Fsp3) is 0.857. The number of hydrogen-bond acceptors (Lipinski definition) is 2. The molecule has 0 aliphatic heterocycles. The second kappa shape index (κ2) is 3.94. The summed E-state index contributed by atoms with van der Waals surface area (Å²) in [5.74, 6) is 0. The van der Waals surface area contributed by atoms with Gasteiger partial charge in [-0.3, -0.25) is 4.79 Å². The Morgan fingerprint density at radius 1 is 1.70 bits per heavy atom. The first-order chi connectivity index (χ1) is 4.52. The van der Waals surface area contributed by atoms with Gasteiger partial charge < -0.3 is 4.74 Å². The SMILES string of the molecule is CCC(C)(C)OC(Cl)C=O. The molecule has 10 heavy (non-hydrogen) atoms. The molecule has 0 heterocycles. The summed E-state index contributed by atoms with van der Waals surface area (Å²) in [6.45, 7) is 5.77. The van der Waals surface area contributed by atoms with Crippen LogP contribution in [0.15, 0.2) is 0 Å². The van der Waals surface area contributed by atoms with Gasteiger partial charge in [-0.1, -0.05) is 18.5 Å². The van der Waals surface area contributed by atoms with E-state index in [4.69, 9.17) is 16.3 Å². The number of carbonyl (C=O) groups is 1. The summed E-state index contributed by atoms with van der Waals surface area (Å²) in [7, 11) is 0. The standard InChI is InChI=1S/C7H13ClO2/c1-4-7(2,3)10-6(8)5-9/h5-6H,4H2,1-3H3. The molecule has 0 saturated carbocycles. The second-order valence-corrected chi connectivity index (χ2v) is 3.15. The molecule has 0 aromatic carbocycles. The molecule has 0 aromatic rings. The smallest absolute Gasteiger partial charge is 0.187 e. The molecule has 1 atom stereocenters. The number of rotatable bonds is 4. The van der Waals surface area contributed by atoms with Gasteiger partial charge in [0.15, 0.2) is 11.8 Å². The normalized spacial score (nSPS) is 14.8. The Kier molecular flexibility index (Phi) is 3.91. The molecule has 0 radical (unpaired) electrons. The van der Waals surface area contributed by atoms with E-state index in [1.54, 1.807) is 0 Å². The maximum Gasteiger partial charge on any atom is 0.187 e. The fourth-order valence-electron chi connectivity index (χ4n) is 0.416. The molecule has 2 nitrogen and oxygen atoms in total. The van der Waals surface area contributed by atoms with Gasteiger partial charge in [0.1, 0.15) is 0 Å². The molecule has 1 unspecified atom stereocenters. The topological polar surface area (TPSA) is 26.3 Å². The van der Waals surface area contributed by atoms with E-state index in [1.807, 2.05) is 20.8 Å². The molecule has 0 rings (SSSR count). The largest absolute Gasteiger partial charge is 0.350 e. The minimum Gasteiger partial charge on any atom is -0.350 e. The molecule has 0 fully saturated rings. The summed E-state index contributed by atoms with van der Waals surface area (Å²) in [5, 5.41) is 0. The van der Waals surface area contributed by atoms with Gasteiger partial charge >= 0.3 is 0 Å². The highest BCUT2D eigenvalue weighted by molar-refractivity contribution is 6.26. The quantitative estimate of drug-likeness (QED) is 0.469. The van der Waals surface area contributed by atoms with Crippen molar-refractivity contribution in [3.8, 4) is 0 Å². The van der Waals surface area contributed by atoms with E-state index < -0.39 is 5.56 Å². The molecule has 3 heteroatoms. The Morgan fingerprint density at radius 3 is 2.50 bits per heavy atom. The third-order valence-electron chi connectivity index (χ3n) is 1.39. The maximum atomic E-state index is 10.0. The Hall–Kier alpha value is -0.0800. The van der Waals surface area contributed by atoms with Crippen LogP contribution in [0.5, 0.6) is 0 Å². The van der Waals surface area contributed by atoms with Crippen molar-refractivity contribution in [3.63, 3.8) is 0 Å². The summed E-state index contributed by atoms with van der Waals surface area (Å²) >= 11 is 5.44. The summed E-state index contributed by atoms with van der Waals surface area (Å²) in [6.07, 6.45) is 1.42. The van der Waals surface area contributed by atoms with Crippen LogP contribution in [0.4, 0.5) is 0 Å². The third-order valence-corrected chi connectivity index (χ3v) is 1.58. The van der Waals surface area contributed by atoms with Crippen LogP contribution in [0.25, 0.3) is 0 Å². The van der Waals surface area contributed by atoms with Crippen molar-refractivity contribution in [2.45, 2.75) is 38.4 Å². The van der Waals surface area contributed by atoms with Gasteiger partial charge in [-0.25, -0.2) is 0 Å². The Morgan fingerprint density at radius 2 is 2.20 bits per heavy atom. The number of carbonyl (C=O) groups excluding carboxylic acids is 1. The molecular weight excluding hydrogens is 152 g/mol. The van der Waals surface area contributed by atoms with Crippen LogP contribution < -0.4 is 0 Å². The number of halogens is 1. The average molecular weight is 165 g/mol. The van der Waals surface area contributed by atoms with E-state index in [9.17, 15) is 4.79 Å². The van der Waals surface area contributed by atoms with Crippen molar-refractivity contribution < 1.29 is 9.53 Å². The van der Waals surface area contributed by atoms with E-state index >= 15 is 0 Å². The molecule has 0 spiro atoms. The first-order valence-electron chi connectivity index (χ1n) is 3.29. The Labute approximate surface area is 66.5 Å². The predicted octanol–water partition coefficient (Wildman–Crippen LogP) is 1.96. The van der Waals surface area contributed by atoms with E-state index in [0.717, 1.165) is 6.42 Å². The van der Waals surface area contributed by atoms with Crippen molar-refractivity contribution >= 4 is 17.9 Å². The van der Waals surface area contributed by atoms with Crippen LogP contribution in [0, 0.1) is 0 Å². The van der Waals surface area contributed by atoms with E-state index in [1.165, 1.54) is 0 Å². The van der Waals surface area contributed by atoms with E-state index in [2.05, 4.69) is 0 Å².